The van der Waals surface area contributed by atoms with E-state index in [2.05, 4.69) is 5.32 Å². The molecule has 2 aliphatic carbocycles. The van der Waals surface area contributed by atoms with Crippen LogP contribution < -0.4 is 5.32 Å². The number of anilines is 1. The molecule has 0 aromatic heterocycles. The van der Waals surface area contributed by atoms with E-state index in [4.69, 9.17) is 16.3 Å². The van der Waals surface area contributed by atoms with Crippen LogP contribution in [-0.2, 0) is 9.53 Å². The average Bonchev–Trinajstić information content (AvgIpc) is 3.34. The zero-order valence-electron chi connectivity index (χ0n) is 12.4. The number of halogens is 1. The van der Waals surface area contributed by atoms with Gasteiger partial charge in [0.05, 0.1) is 7.11 Å². The van der Waals surface area contributed by atoms with Crippen molar-refractivity contribution in [3.8, 4) is 0 Å². The van der Waals surface area contributed by atoms with Gasteiger partial charge in [0.15, 0.2) is 0 Å². The first-order valence-electron chi connectivity index (χ1n) is 7.75. The minimum absolute atomic E-state index is 0.136. The summed E-state index contributed by atoms with van der Waals surface area (Å²) in [6.07, 6.45) is 6.69. The van der Waals surface area contributed by atoms with Crippen LogP contribution in [0.3, 0.4) is 0 Å². The Labute approximate surface area is 131 Å². The van der Waals surface area contributed by atoms with Crippen molar-refractivity contribution in [2.75, 3.05) is 12.4 Å². The molecule has 2 unspecified atom stereocenters. The van der Waals surface area contributed by atoms with Crippen molar-refractivity contribution in [2.24, 2.45) is 11.8 Å². The van der Waals surface area contributed by atoms with E-state index in [0.717, 1.165) is 30.9 Å². The smallest absolute Gasteiger partial charge is 0.331 e. The third-order valence-electron chi connectivity index (χ3n) is 4.88. The van der Waals surface area contributed by atoms with Gasteiger partial charge in [-0.1, -0.05) is 18.0 Å². The normalized spacial score (nSPS) is 29.0. The van der Waals surface area contributed by atoms with Crippen molar-refractivity contribution < 1.29 is 9.53 Å². The van der Waals surface area contributed by atoms with Crippen molar-refractivity contribution in [1.29, 1.82) is 0 Å². The maximum absolute atomic E-state index is 12.4. The molecule has 0 saturated heterocycles. The number of carbonyl (C=O) groups excluding carboxylic acids is 1. The standard InChI is InChI=1S/C17H22ClNO2/c1-21-16(20)17(19-15-8-6-14(18)7-9-15)10-2-3-13(11-17)12-4-5-12/h6-9,12-13,19H,2-5,10-11H2,1H3. The summed E-state index contributed by atoms with van der Waals surface area (Å²) >= 11 is 5.93. The molecule has 2 atom stereocenters. The number of carbonyl (C=O) groups is 1. The van der Waals surface area contributed by atoms with E-state index >= 15 is 0 Å². The third-order valence-corrected chi connectivity index (χ3v) is 5.13. The van der Waals surface area contributed by atoms with E-state index in [1.165, 1.54) is 26.4 Å². The van der Waals surface area contributed by atoms with Gasteiger partial charge in [0.1, 0.15) is 5.54 Å². The number of hydrogen-bond acceptors (Lipinski definition) is 3. The summed E-state index contributed by atoms with van der Waals surface area (Å²) < 4.78 is 5.11. The second kappa shape index (κ2) is 5.88. The van der Waals surface area contributed by atoms with Gasteiger partial charge < -0.3 is 10.1 Å². The minimum Gasteiger partial charge on any atom is -0.467 e. The van der Waals surface area contributed by atoms with Gasteiger partial charge in [-0.2, -0.15) is 0 Å². The molecule has 0 bridgehead atoms. The highest BCUT2D eigenvalue weighted by Crippen LogP contribution is 2.47. The van der Waals surface area contributed by atoms with Crippen LogP contribution in [0.5, 0.6) is 0 Å². The zero-order chi connectivity index (χ0) is 14.9. The molecule has 0 amide bonds. The molecular weight excluding hydrogens is 286 g/mol. The molecule has 1 N–H and O–H groups in total. The van der Waals surface area contributed by atoms with Crippen molar-refractivity contribution in [3.63, 3.8) is 0 Å². The van der Waals surface area contributed by atoms with Crippen LogP contribution in [0.2, 0.25) is 5.02 Å². The number of esters is 1. The van der Waals surface area contributed by atoms with Crippen LogP contribution in [0.1, 0.15) is 38.5 Å². The fourth-order valence-electron chi connectivity index (χ4n) is 3.64. The fraction of sp³-hybridized carbons (Fsp3) is 0.588. The maximum Gasteiger partial charge on any atom is 0.331 e. The van der Waals surface area contributed by atoms with Gasteiger partial charge in [-0.3, -0.25) is 0 Å². The molecule has 114 valence electrons. The zero-order valence-corrected chi connectivity index (χ0v) is 13.2. The molecule has 2 fully saturated rings. The lowest BCUT2D eigenvalue weighted by atomic mass is 9.73. The second-order valence-corrected chi connectivity index (χ2v) is 6.84. The van der Waals surface area contributed by atoms with Gasteiger partial charge in [-0.25, -0.2) is 4.79 Å². The first kappa shape index (κ1) is 14.7. The van der Waals surface area contributed by atoms with Gasteiger partial charge in [0, 0.05) is 10.7 Å². The predicted octanol–water partition coefficient (Wildman–Crippen LogP) is 4.26. The number of methoxy groups -OCH3 is 1. The highest BCUT2D eigenvalue weighted by atomic mass is 35.5. The second-order valence-electron chi connectivity index (χ2n) is 6.40. The van der Waals surface area contributed by atoms with E-state index in [1.54, 1.807) is 0 Å². The summed E-state index contributed by atoms with van der Waals surface area (Å²) in [5, 5.41) is 4.15. The maximum atomic E-state index is 12.4. The van der Waals surface area contributed by atoms with Crippen LogP contribution in [0.4, 0.5) is 5.69 Å². The summed E-state index contributed by atoms with van der Waals surface area (Å²) in [7, 11) is 1.48. The van der Waals surface area contributed by atoms with E-state index in [-0.39, 0.29) is 5.97 Å². The molecule has 0 heterocycles. The summed E-state index contributed by atoms with van der Waals surface area (Å²) in [6, 6.07) is 7.54. The Morgan fingerprint density at radius 2 is 1.95 bits per heavy atom. The number of benzene rings is 1. The Morgan fingerprint density at radius 3 is 2.57 bits per heavy atom. The topological polar surface area (TPSA) is 38.3 Å². The van der Waals surface area contributed by atoms with Gasteiger partial charge in [0.25, 0.3) is 0 Å². The molecule has 0 aliphatic heterocycles. The van der Waals surface area contributed by atoms with Crippen LogP contribution in [0.25, 0.3) is 0 Å². The summed E-state index contributed by atoms with van der Waals surface area (Å²) in [4.78, 5) is 12.4. The predicted molar refractivity (Wildman–Crippen MR) is 84.5 cm³/mol. The SMILES string of the molecule is COC(=O)C1(Nc2ccc(Cl)cc2)CCCC(C2CC2)C1. The number of ether oxygens (including phenoxy) is 1. The van der Waals surface area contributed by atoms with E-state index in [0.29, 0.717) is 10.9 Å². The summed E-state index contributed by atoms with van der Waals surface area (Å²) in [5.41, 5.74) is 0.356. The molecule has 1 aromatic carbocycles. The van der Waals surface area contributed by atoms with E-state index in [1.807, 2.05) is 24.3 Å². The lowest BCUT2D eigenvalue weighted by molar-refractivity contribution is -0.148. The summed E-state index contributed by atoms with van der Waals surface area (Å²) in [6.45, 7) is 0. The highest BCUT2D eigenvalue weighted by Gasteiger charge is 2.47. The van der Waals surface area contributed by atoms with E-state index in [9.17, 15) is 4.79 Å². The first-order valence-corrected chi connectivity index (χ1v) is 8.13. The molecule has 3 rings (SSSR count). The van der Waals surface area contributed by atoms with Crippen LogP contribution >= 0.6 is 11.6 Å². The van der Waals surface area contributed by atoms with Gasteiger partial charge in [-0.05, 0) is 68.2 Å². The Bertz CT molecular complexity index is 512. The van der Waals surface area contributed by atoms with Crippen molar-refractivity contribution in [3.05, 3.63) is 29.3 Å². The Hall–Kier alpha value is -1.22. The molecule has 0 radical (unpaired) electrons. The molecular formula is C17H22ClNO2. The third kappa shape index (κ3) is 3.18. The average molecular weight is 308 g/mol. The molecule has 21 heavy (non-hydrogen) atoms. The van der Waals surface area contributed by atoms with Crippen molar-refractivity contribution in [2.45, 2.75) is 44.1 Å². The molecule has 4 heteroatoms. The monoisotopic (exact) mass is 307 g/mol. The van der Waals surface area contributed by atoms with Crippen LogP contribution in [0.15, 0.2) is 24.3 Å². The Morgan fingerprint density at radius 1 is 1.24 bits per heavy atom. The first-order chi connectivity index (χ1) is 10.1. The molecule has 2 saturated carbocycles. The number of nitrogens with one attached hydrogen (secondary N) is 1. The highest BCUT2D eigenvalue weighted by molar-refractivity contribution is 6.30. The number of rotatable bonds is 4. The Balaban J connectivity index is 1.82. The molecule has 2 aliphatic rings. The van der Waals surface area contributed by atoms with Gasteiger partial charge in [0.2, 0.25) is 0 Å². The van der Waals surface area contributed by atoms with Crippen molar-refractivity contribution >= 4 is 23.3 Å². The van der Waals surface area contributed by atoms with Gasteiger partial charge in [-0.15, -0.1) is 0 Å². The molecule has 3 nitrogen and oxygen atoms in total. The fourth-order valence-corrected chi connectivity index (χ4v) is 3.77. The quantitative estimate of drug-likeness (QED) is 0.844. The molecule has 0 spiro atoms. The Kier molecular flexibility index (Phi) is 4.12. The van der Waals surface area contributed by atoms with Crippen LogP contribution in [0, 0.1) is 11.8 Å². The van der Waals surface area contributed by atoms with Crippen LogP contribution in [-0.4, -0.2) is 18.6 Å². The van der Waals surface area contributed by atoms with Crippen molar-refractivity contribution in [1.82, 2.24) is 0 Å². The molecule has 1 aromatic rings. The lowest BCUT2D eigenvalue weighted by Crippen LogP contribution is -2.50. The lowest BCUT2D eigenvalue weighted by Gasteiger charge is -2.40. The largest absolute Gasteiger partial charge is 0.467 e. The minimum atomic E-state index is -0.575. The van der Waals surface area contributed by atoms with Gasteiger partial charge >= 0.3 is 5.97 Å². The van der Waals surface area contributed by atoms with E-state index < -0.39 is 5.54 Å². The number of hydrogen-bond donors (Lipinski definition) is 1. The summed E-state index contributed by atoms with van der Waals surface area (Å²) in [5.74, 6) is 1.33.